The van der Waals surface area contributed by atoms with Crippen molar-refractivity contribution in [1.82, 2.24) is 5.06 Å². The van der Waals surface area contributed by atoms with Crippen LogP contribution in [0, 0.1) is 0 Å². The van der Waals surface area contributed by atoms with Gasteiger partial charge in [0.25, 0.3) is 0 Å². The molecular formula is C12H21NO. The lowest BCUT2D eigenvalue weighted by molar-refractivity contribution is -0.0380. The van der Waals surface area contributed by atoms with E-state index in [4.69, 9.17) is 0 Å². The molecule has 0 unspecified atom stereocenters. The van der Waals surface area contributed by atoms with Crippen molar-refractivity contribution in [3.63, 3.8) is 0 Å². The molecule has 1 N–H and O–H groups in total. The van der Waals surface area contributed by atoms with Crippen molar-refractivity contribution in [1.29, 1.82) is 0 Å². The van der Waals surface area contributed by atoms with Gasteiger partial charge in [0.05, 0.1) is 5.70 Å². The first-order valence-electron chi connectivity index (χ1n) is 5.16. The van der Waals surface area contributed by atoms with Crippen LogP contribution in [-0.2, 0) is 0 Å². The molecule has 1 aliphatic heterocycles. The number of hydroxylamine groups is 2. The van der Waals surface area contributed by atoms with E-state index in [-0.39, 0.29) is 0 Å². The second-order valence-electron chi connectivity index (χ2n) is 2.91. The predicted molar refractivity (Wildman–Crippen MR) is 61.1 cm³/mol. The highest BCUT2D eigenvalue weighted by molar-refractivity contribution is 5.39. The normalized spacial score (nSPS) is 21.8. The van der Waals surface area contributed by atoms with E-state index in [1.807, 2.05) is 39.8 Å². The average molecular weight is 195 g/mol. The van der Waals surface area contributed by atoms with Gasteiger partial charge >= 0.3 is 0 Å². The molecule has 0 saturated carbocycles. The highest BCUT2D eigenvalue weighted by Crippen LogP contribution is 2.28. The summed E-state index contributed by atoms with van der Waals surface area (Å²) in [5.41, 5.74) is 3.28. The molecule has 0 bridgehead atoms. The third-order valence-corrected chi connectivity index (χ3v) is 2.22. The Labute approximate surface area is 87.2 Å². The lowest BCUT2D eigenvalue weighted by Crippen LogP contribution is -2.11. The predicted octanol–water partition coefficient (Wildman–Crippen LogP) is 3.51. The Bertz CT molecular complexity index is 251. The number of nitrogens with zero attached hydrogens (tertiary/aromatic N) is 1. The van der Waals surface area contributed by atoms with Crippen molar-refractivity contribution in [2.24, 2.45) is 0 Å². The molecule has 2 nitrogen and oxygen atoms in total. The summed E-state index contributed by atoms with van der Waals surface area (Å²) in [7, 11) is 0. The van der Waals surface area contributed by atoms with Crippen molar-refractivity contribution in [2.45, 2.75) is 34.1 Å². The quantitative estimate of drug-likeness (QED) is 0.692. The minimum absolute atomic E-state index is 0.695. The Balaban J connectivity index is 0.000000791. The second-order valence-corrected chi connectivity index (χ2v) is 2.91. The molecule has 0 aromatic rings. The van der Waals surface area contributed by atoms with E-state index < -0.39 is 0 Å². The minimum Gasteiger partial charge on any atom is -0.288 e. The molecule has 0 spiro atoms. The van der Waals surface area contributed by atoms with E-state index in [2.05, 4.69) is 6.58 Å². The SMILES string of the molecule is C=C/C(C)=C1/CCN(O)/C1=C/C.CC. The van der Waals surface area contributed by atoms with Crippen LogP contribution in [0.2, 0.25) is 0 Å². The summed E-state index contributed by atoms with van der Waals surface area (Å²) in [5.74, 6) is 0. The molecule has 14 heavy (non-hydrogen) atoms. The van der Waals surface area contributed by atoms with Gasteiger partial charge in [-0.15, -0.1) is 0 Å². The van der Waals surface area contributed by atoms with Gasteiger partial charge in [0.15, 0.2) is 0 Å². The summed E-state index contributed by atoms with van der Waals surface area (Å²) in [6, 6.07) is 0. The fourth-order valence-electron chi connectivity index (χ4n) is 1.47. The van der Waals surface area contributed by atoms with Gasteiger partial charge in [-0.05, 0) is 31.4 Å². The van der Waals surface area contributed by atoms with E-state index in [0.29, 0.717) is 6.54 Å². The van der Waals surface area contributed by atoms with E-state index in [1.165, 1.54) is 10.6 Å². The molecule has 1 aliphatic rings. The minimum atomic E-state index is 0.695. The second kappa shape index (κ2) is 6.44. The first-order valence-corrected chi connectivity index (χ1v) is 5.16. The average Bonchev–Trinajstić information content (AvgIpc) is 2.61. The first kappa shape index (κ1) is 13.0. The van der Waals surface area contributed by atoms with Crippen LogP contribution in [0.25, 0.3) is 0 Å². The Hall–Kier alpha value is -1.02. The topological polar surface area (TPSA) is 23.5 Å². The van der Waals surface area contributed by atoms with E-state index in [9.17, 15) is 5.21 Å². The highest BCUT2D eigenvalue weighted by atomic mass is 16.5. The Morgan fingerprint density at radius 2 is 2.07 bits per heavy atom. The molecule has 80 valence electrons. The number of hydrogen-bond acceptors (Lipinski definition) is 2. The Kier molecular flexibility index (Phi) is 5.97. The first-order chi connectivity index (χ1) is 6.70. The maximum absolute atomic E-state index is 9.40. The van der Waals surface area contributed by atoms with Gasteiger partial charge in [-0.3, -0.25) is 10.3 Å². The van der Waals surface area contributed by atoms with Crippen LogP contribution in [-0.4, -0.2) is 16.8 Å². The summed E-state index contributed by atoms with van der Waals surface area (Å²) < 4.78 is 0. The zero-order valence-corrected chi connectivity index (χ0v) is 9.67. The molecule has 0 atom stereocenters. The Morgan fingerprint density at radius 1 is 1.50 bits per heavy atom. The van der Waals surface area contributed by atoms with Gasteiger partial charge < -0.3 is 0 Å². The highest BCUT2D eigenvalue weighted by Gasteiger charge is 2.20. The fraction of sp³-hybridized carbons (Fsp3) is 0.500. The molecule has 1 heterocycles. The van der Waals surface area contributed by atoms with Gasteiger partial charge in [-0.25, -0.2) is 0 Å². The van der Waals surface area contributed by atoms with Crippen molar-refractivity contribution in [2.75, 3.05) is 6.54 Å². The molecule has 0 aliphatic carbocycles. The van der Waals surface area contributed by atoms with E-state index in [1.54, 1.807) is 0 Å². The van der Waals surface area contributed by atoms with E-state index in [0.717, 1.165) is 17.7 Å². The zero-order chi connectivity index (χ0) is 11.1. The van der Waals surface area contributed by atoms with E-state index >= 15 is 0 Å². The fourth-order valence-corrected chi connectivity index (χ4v) is 1.47. The molecular weight excluding hydrogens is 174 g/mol. The Morgan fingerprint density at radius 3 is 2.50 bits per heavy atom. The van der Waals surface area contributed by atoms with Gasteiger partial charge in [-0.1, -0.05) is 32.6 Å². The number of rotatable bonds is 1. The summed E-state index contributed by atoms with van der Waals surface area (Å²) >= 11 is 0. The van der Waals surface area contributed by atoms with Gasteiger partial charge in [0.1, 0.15) is 0 Å². The van der Waals surface area contributed by atoms with Crippen LogP contribution in [0.1, 0.15) is 34.1 Å². The molecule has 2 heteroatoms. The third-order valence-electron chi connectivity index (χ3n) is 2.22. The molecule has 1 rings (SSSR count). The third kappa shape index (κ3) is 2.74. The molecule has 1 saturated heterocycles. The van der Waals surface area contributed by atoms with Crippen LogP contribution in [0.4, 0.5) is 0 Å². The van der Waals surface area contributed by atoms with Crippen molar-refractivity contribution < 1.29 is 5.21 Å². The lowest BCUT2D eigenvalue weighted by Gasteiger charge is -2.10. The molecule has 0 amide bonds. The molecule has 0 aromatic carbocycles. The van der Waals surface area contributed by atoms with Crippen LogP contribution < -0.4 is 0 Å². The van der Waals surface area contributed by atoms with Crippen LogP contribution in [0.3, 0.4) is 0 Å². The molecule has 1 fully saturated rings. The summed E-state index contributed by atoms with van der Waals surface area (Å²) in [6.45, 7) is 12.4. The molecule has 0 radical (unpaired) electrons. The maximum atomic E-state index is 9.40. The number of allylic oxidation sites excluding steroid dienone is 4. The van der Waals surface area contributed by atoms with Crippen molar-refractivity contribution in [3.05, 3.63) is 35.6 Å². The van der Waals surface area contributed by atoms with Crippen LogP contribution in [0.5, 0.6) is 0 Å². The zero-order valence-electron chi connectivity index (χ0n) is 9.67. The largest absolute Gasteiger partial charge is 0.288 e. The monoisotopic (exact) mass is 195 g/mol. The van der Waals surface area contributed by atoms with Gasteiger partial charge in [-0.2, -0.15) is 0 Å². The maximum Gasteiger partial charge on any atom is 0.0626 e. The van der Waals surface area contributed by atoms with Crippen LogP contribution >= 0.6 is 0 Å². The van der Waals surface area contributed by atoms with Gasteiger partial charge in [0, 0.05) is 6.54 Å². The summed E-state index contributed by atoms with van der Waals surface area (Å²) in [5, 5.41) is 10.7. The van der Waals surface area contributed by atoms with Crippen LogP contribution in [0.15, 0.2) is 35.6 Å². The van der Waals surface area contributed by atoms with Crippen molar-refractivity contribution in [3.8, 4) is 0 Å². The van der Waals surface area contributed by atoms with Crippen molar-refractivity contribution >= 4 is 0 Å². The summed E-state index contributed by atoms with van der Waals surface area (Å²) in [6.07, 6.45) is 4.67. The van der Waals surface area contributed by atoms with Gasteiger partial charge in [0.2, 0.25) is 0 Å². The molecule has 0 aromatic heterocycles. The number of hydrogen-bond donors (Lipinski definition) is 1. The summed E-state index contributed by atoms with van der Waals surface area (Å²) in [4.78, 5) is 0. The standard InChI is InChI=1S/C10H15NO.C2H6/c1-4-8(3)9-6-7-11(12)10(9)5-2;1-2/h4-5,12H,1,6-7H2,2-3H3;1-2H3/b9-8-,10-5+;. The lowest BCUT2D eigenvalue weighted by atomic mass is 10.1. The smallest absolute Gasteiger partial charge is 0.0626 e.